The van der Waals surface area contributed by atoms with Crippen molar-refractivity contribution in [1.82, 2.24) is 15.5 Å². The van der Waals surface area contributed by atoms with E-state index in [-0.39, 0.29) is 5.92 Å². The molecular formula is C12H21N3O6. The molecule has 1 unspecified atom stereocenters. The highest BCUT2D eigenvalue weighted by molar-refractivity contribution is 5.89. The van der Waals surface area contributed by atoms with Crippen molar-refractivity contribution in [2.75, 3.05) is 19.6 Å². The van der Waals surface area contributed by atoms with E-state index in [4.69, 9.17) is 10.2 Å². The average molecular weight is 303 g/mol. The van der Waals surface area contributed by atoms with Gasteiger partial charge in [-0.05, 0) is 12.8 Å². The number of aliphatic carboxylic acids is 2. The predicted octanol–water partition coefficient (Wildman–Crippen LogP) is -0.672. The van der Waals surface area contributed by atoms with Gasteiger partial charge in [0.25, 0.3) is 0 Å². The topological polar surface area (TPSA) is 136 Å². The van der Waals surface area contributed by atoms with Crippen LogP contribution in [0.15, 0.2) is 0 Å². The molecule has 0 fully saturated rings. The summed E-state index contributed by atoms with van der Waals surface area (Å²) in [7, 11) is 0. The minimum Gasteiger partial charge on any atom is -0.480 e. The summed E-state index contributed by atoms with van der Waals surface area (Å²) in [5.41, 5.74) is 0. The van der Waals surface area contributed by atoms with Gasteiger partial charge in [0.05, 0.1) is 0 Å². The normalized spacial score (nSPS) is 11.6. The van der Waals surface area contributed by atoms with Gasteiger partial charge in [-0.2, -0.15) is 0 Å². The lowest BCUT2D eigenvalue weighted by molar-refractivity contribution is -0.140. The van der Waals surface area contributed by atoms with Gasteiger partial charge in [-0.3, -0.25) is 14.4 Å². The van der Waals surface area contributed by atoms with Crippen molar-refractivity contribution < 1.29 is 29.4 Å². The zero-order valence-corrected chi connectivity index (χ0v) is 12.3. The fourth-order valence-electron chi connectivity index (χ4n) is 1.33. The summed E-state index contributed by atoms with van der Waals surface area (Å²) in [6.45, 7) is 4.15. The Balaban J connectivity index is 4.54. The molecule has 0 bridgehead atoms. The van der Waals surface area contributed by atoms with Crippen molar-refractivity contribution in [3.05, 3.63) is 0 Å². The summed E-state index contributed by atoms with van der Waals surface area (Å²) in [5, 5.41) is 22.1. The summed E-state index contributed by atoms with van der Waals surface area (Å²) in [6.07, 6.45) is 0. The SMILES string of the molecule is CC(C)CNC(=O)C(C)NC(=O)N(CC(=O)O)CC(=O)O. The molecule has 0 aliphatic rings. The van der Waals surface area contributed by atoms with Crippen LogP contribution in [0.5, 0.6) is 0 Å². The van der Waals surface area contributed by atoms with E-state index in [1.165, 1.54) is 6.92 Å². The van der Waals surface area contributed by atoms with Crippen LogP contribution in [0, 0.1) is 5.92 Å². The standard InChI is InChI=1S/C12H21N3O6/c1-7(2)4-13-11(20)8(3)14-12(21)15(5-9(16)17)6-10(18)19/h7-8H,4-6H2,1-3H3,(H,13,20)(H,14,21)(H,16,17)(H,18,19). The fourth-order valence-corrected chi connectivity index (χ4v) is 1.33. The Labute approximate surface area is 122 Å². The Hall–Kier alpha value is -2.32. The second-order valence-corrected chi connectivity index (χ2v) is 4.95. The molecule has 1 atom stereocenters. The Morgan fingerprint density at radius 2 is 1.48 bits per heavy atom. The maximum Gasteiger partial charge on any atom is 0.323 e. The van der Waals surface area contributed by atoms with E-state index in [1.54, 1.807) is 0 Å². The monoisotopic (exact) mass is 303 g/mol. The summed E-state index contributed by atoms with van der Waals surface area (Å²) in [4.78, 5) is 45.2. The third kappa shape index (κ3) is 8.45. The predicted molar refractivity (Wildman–Crippen MR) is 72.7 cm³/mol. The second-order valence-electron chi connectivity index (χ2n) is 4.95. The summed E-state index contributed by atoms with van der Waals surface area (Å²) in [5.74, 6) is -2.87. The first-order chi connectivity index (χ1) is 9.63. The second kappa shape index (κ2) is 8.77. The van der Waals surface area contributed by atoms with Gasteiger partial charge in [0, 0.05) is 6.54 Å². The molecule has 9 heteroatoms. The van der Waals surface area contributed by atoms with E-state index in [1.807, 2.05) is 13.8 Å². The number of carbonyl (C=O) groups excluding carboxylic acids is 2. The van der Waals surface area contributed by atoms with Crippen molar-refractivity contribution in [2.24, 2.45) is 5.92 Å². The summed E-state index contributed by atoms with van der Waals surface area (Å²) in [6, 6.07) is -1.83. The molecule has 21 heavy (non-hydrogen) atoms. The van der Waals surface area contributed by atoms with Gasteiger partial charge in [0.2, 0.25) is 5.91 Å². The van der Waals surface area contributed by atoms with Crippen LogP contribution >= 0.6 is 0 Å². The zero-order valence-electron chi connectivity index (χ0n) is 12.3. The lowest BCUT2D eigenvalue weighted by Gasteiger charge is -2.22. The average Bonchev–Trinajstić information content (AvgIpc) is 2.33. The highest BCUT2D eigenvalue weighted by atomic mass is 16.4. The van der Waals surface area contributed by atoms with E-state index in [9.17, 15) is 19.2 Å². The Morgan fingerprint density at radius 3 is 1.86 bits per heavy atom. The molecule has 0 aliphatic carbocycles. The minimum atomic E-state index is -1.34. The quantitative estimate of drug-likeness (QED) is 0.469. The number of nitrogens with one attached hydrogen (secondary N) is 2. The molecule has 0 aromatic carbocycles. The largest absolute Gasteiger partial charge is 0.480 e. The molecule has 0 heterocycles. The van der Waals surface area contributed by atoms with E-state index in [2.05, 4.69) is 10.6 Å². The van der Waals surface area contributed by atoms with Crippen LogP contribution in [0.3, 0.4) is 0 Å². The van der Waals surface area contributed by atoms with Crippen molar-refractivity contribution in [3.63, 3.8) is 0 Å². The molecule has 0 spiro atoms. The van der Waals surface area contributed by atoms with Gasteiger partial charge >= 0.3 is 18.0 Å². The Kier molecular flexibility index (Phi) is 7.80. The maximum absolute atomic E-state index is 11.8. The molecule has 0 aromatic rings. The number of carbonyl (C=O) groups is 4. The number of carboxylic acids is 2. The smallest absolute Gasteiger partial charge is 0.323 e. The van der Waals surface area contributed by atoms with Gasteiger partial charge < -0.3 is 25.7 Å². The van der Waals surface area contributed by atoms with E-state index >= 15 is 0 Å². The molecule has 3 amide bonds. The first kappa shape index (κ1) is 18.7. The van der Waals surface area contributed by atoms with Gasteiger partial charge in [-0.1, -0.05) is 13.8 Å². The molecule has 0 rings (SSSR count). The van der Waals surface area contributed by atoms with Crippen LogP contribution in [-0.2, 0) is 14.4 Å². The molecule has 0 aromatic heterocycles. The molecule has 0 aliphatic heterocycles. The first-order valence-electron chi connectivity index (χ1n) is 6.40. The maximum atomic E-state index is 11.8. The number of carboxylic acid groups (broad SMARTS) is 2. The van der Waals surface area contributed by atoms with Crippen molar-refractivity contribution in [1.29, 1.82) is 0 Å². The van der Waals surface area contributed by atoms with E-state index in [0.29, 0.717) is 11.4 Å². The lowest BCUT2D eigenvalue weighted by Crippen LogP contribution is -2.52. The third-order valence-electron chi connectivity index (χ3n) is 2.36. The molecule has 0 radical (unpaired) electrons. The number of nitrogens with zero attached hydrogens (tertiary/aromatic N) is 1. The van der Waals surface area contributed by atoms with Gasteiger partial charge in [0.1, 0.15) is 19.1 Å². The molecule has 0 saturated carbocycles. The van der Waals surface area contributed by atoms with E-state index in [0.717, 1.165) is 0 Å². The van der Waals surface area contributed by atoms with Crippen LogP contribution in [-0.4, -0.2) is 64.7 Å². The summed E-state index contributed by atoms with van der Waals surface area (Å²) < 4.78 is 0. The highest BCUT2D eigenvalue weighted by Crippen LogP contribution is 1.94. The number of urea groups is 1. The van der Waals surface area contributed by atoms with Gasteiger partial charge in [0.15, 0.2) is 0 Å². The number of hydrogen-bond donors (Lipinski definition) is 4. The van der Waals surface area contributed by atoms with Crippen LogP contribution in [0.1, 0.15) is 20.8 Å². The van der Waals surface area contributed by atoms with Crippen LogP contribution in [0.2, 0.25) is 0 Å². The Morgan fingerprint density at radius 1 is 1.00 bits per heavy atom. The fraction of sp³-hybridized carbons (Fsp3) is 0.667. The van der Waals surface area contributed by atoms with Crippen molar-refractivity contribution >= 4 is 23.9 Å². The number of amides is 3. The lowest BCUT2D eigenvalue weighted by atomic mass is 10.2. The van der Waals surface area contributed by atoms with Gasteiger partial charge in [-0.15, -0.1) is 0 Å². The first-order valence-corrected chi connectivity index (χ1v) is 6.40. The molecule has 4 N–H and O–H groups in total. The van der Waals surface area contributed by atoms with Crippen molar-refractivity contribution in [2.45, 2.75) is 26.8 Å². The zero-order chi connectivity index (χ0) is 16.6. The third-order valence-corrected chi connectivity index (χ3v) is 2.36. The highest BCUT2D eigenvalue weighted by Gasteiger charge is 2.23. The van der Waals surface area contributed by atoms with Crippen LogP contribution in [0.4, 0.5) is 4.79 Å². The van der Waals surface area contributed by atoms with E-state index < -0.39 is 43.0 Å². The number of rotatable bonds is 8. The molecule has 0 saturated heterocycles. The summed E-state index contributed by atoms with van der Waals surface area (Å²) >= 11 is 0. The van der Waals surface area contributed by atoms with Gasteiger partial charge in [-0.25, -0.2) is 4.79 Å². The number of hydrogen-bond acceptors (Lipinski definition) is 4. The Bertz CT molecular complexity index is 394. The molecule has 9 nitrogen and oxygen atoms in total. The van der Waals surface area contributed by atoms with Crippen LogP contribution < -0.4 is 10.6 Å². The van der Waals surface area contributed by atoms with Crippen LogP contribution in [0.25, 0.3) is 0 Å². The minimum absolute atomic E-state index is 0.243. The van der Waals surface area contributed by atoms with Crippen molar-refractivity contribution in [3.8, 4) is 0 Å². The molecule has 120 valence electrons. The molecular weight excluding hydrogens is 282 g/mol.